The number of nitrogens with zero attached hydrogens (tertiary/aromatic N) is 3. The third-order valence-electron chi connectivity index (χ3n) is 5.49. The molecule has 8 heteroatoms. The number of ether oxygens (including phenoxy) is 1. The fourth-order valence-corrected chi connectivity index (χ4v) is 3.80. The van der Waals surface area contributed by atoms with Crippen LogP contribution in [0.25, 0.3) is 34.0 Å². The fourth-order valence-electron chi connectivity index (χ4n) is 3.80. The smallest absolute Gasteiger partial charge is 0.303 e. The van der Waals surface area contributed by atoms with E-state index in [0.29, 0.717) is 47.9 Å². The molecular formula is C26H24FN3O4. The van der Waals surface area contributed by atoms with E-state index in [9.17, 15) is 9.18 Å². The molecule has 0 atom stereocenters. The van der Waals surface area contributed by atoms with Crippen molar-refractivity contribution in [1.82, 2.24) is 15.1 Å². The summed E-state index contributed by atoms with van der Waals surface area (Å²) in [5.74, 6) is -0.393. The average molecular weight is 461 g/mol. The summed E-state index contributed by atoms with van der Waals surface area (Å²) in [6.45, 7) is 2.22. The van der Waals surface area contributed by atoms with E-state index >= 15 is 0 Å². The van der Waals surface area contributed by atoms with Crippen LogP contribution in [0, 0.1) is 12.7 Å². The molecule has 0 aliphatic rings. The standard InChI is InChI=1S/C26H24FN3O4/c1-16-12-18(14-28-23(16)8-5-9-24(31)32)25-29-26(34-30-25)17-10-11-20(19(13-17)15-33-2)21-6-3-4-7-22(21)27/h3-4,6-7,10-14H,5,8-9,15H2,1-2H3,(H,31,32). The van der Waals surface area contributed by atoms with Crippen molar-refractivity contribution in [1.29, 1.82) is 0 Å². The van der Waals surface area contributed by atoms with Gasteiger partial charge >= 0.3 is 5.97 Å². The lowest BCUT2D eigenvalue weighted by Crippen LogP contribution is -1.99. The molecule has 2 aromatic carbocycles. The van der Waals surface area contributed by atoms with Crippen LogP contribution < -0.4 is 0 Å². The number of pyridine rings is 1. The summed E-state index contributed by atoms with van der Waals surface area (Å²) >= 11 is 0. The predicted molar refractivity (Wildman–Crippen MR) is 124 cm³/mol. The SMILES string of the molecule is COCc1cc(-c2nc(-c3cnc(CCCC(=O)O)c(C)c3)no2)ccc1-c1ccccc1F. The number of halogens is 1. The van der Waals surface area contributed by atoms with Crippen LogP contribution >= 0.6 is 0 Å². The van der Waals surface area contributed by atoms with Crippen LogP contribution in [0.15, 0.2) is 59.3 Å². The number of carboxylic acids is 1. The summed E-state index contributed by atoms with van der Waals surface area (Å²) in [6, 6.07) is 14.0. The van der Waals surface area contributed by atoms with Crippen molar-refractivity contribution in [2.75, 3.05) is 7.11 Å². The van der Waals surface area contributed by atoms with Gasteiger partial charge in [-0.1, -0.05) is 29.4 Å². The first-order chi connectivity index (χ1) is 16.5. The van der Waals surface area contributed by atoms with Crippen LogP contribution in [0.4, 0.5) is 4.39 Å². The van der Waals surface area contributed by atoms with Crippen molar-refractivity contribution in [2.24, 2.45) is 0 Å². The molecule has 0 unspecified atom stereocenters. The molecule has 2 aromatic heterocycles. The Bertz CT molecular complexity index is 1320. The van der Waals surface area contributed by atoms with Gasteiger partial charge in [0.25, 0.3) is 5.89 Å². The lowest BCUT2D eigenvalue weighted by molar-refractivity contribution is -0.137. The lowest BCUT2D eigenvalue weighted by Gasteiger charge is -2.11. The van der Waals surface area contributed by atoms with E-state index in [4.69, 9.17) is 14.4 Å². The van der Waals surface area contributed by atoms with E-state index in [1.807, 2.05) is 31.2 Å². The average Bonchev–Trinajstić information content (AvgIpc) is 3.31. The second-order valence-electron chi connectivity index (χ2n) is 7.94. The Hall–Kier alpha value is -3.91. The van der Waals surface area contributed by atoms with Crippen molar-refractivity contribution in [2.45, 2.75) is 32.8 Å². The molecule has 34 heavy (non-hydrogen) atoms. The Kier molecular flexibility index (Phi) is 7.08. The highest BCUT2D eigenvalue weighted by molar-refractivity contribution is 5.72. The van der Waals surface area contributed by atoms with Crippen molar-refractivity contribution in [3.8, 4) is 34.0 Å². The van der Waals surface area contributed by atoms with Crippen LogP contribution in [0.1, 0.15) is 29.7 Å². The van der Waals surface area contributed by atoms with Crippen LogP contribution in [0.3, 0.4) is 0 Å². The van der Waals surface area contributed by atoms with Gasteiger partial charge in [0.15, 0.2) is 0 Å². The van der Waals surface area contributed by atoms with Crippen molar-refractivity contribution < 1.29 is 23.6 Å². The number of aryl methyl sites for hydroxylation is 2. The third kappa shape index (κ3) is 5.18. The van der Waals surface area contributed by atoms with Gasteiger partial charge in [-0.05, 0) is 60.7 Å². The van der Waals surface area contributed by atoms with Crippen molar-refractivity contribution in [3.05, 3.63) is 77.4 Å². The Morgan fingerprint density at radius 2 is 1.94 bits per heavy atom. The highest BCUT2D eigenvalue weighted by Crippen LogP contribution is 2.31. The highest BCUT2D eigenvalue weighted by Gasteiger charge is 2.16. The van der Waals surface area contributed by atoms with Crippen LogP contribution in [0.5, 0.6) is 0 Å². The highest BCUT2D eigenvalue weighted by atomic mass is 19.1. The first kappa shape index (κ1) is 23.3. The largest absolute Gasteiger partial charge is 0.481 e. The molecule has 4 aromatic rings. The molecule has 0 amide bonds. The Balaban J connectivity index is 1.59. The summed E-state index contributed by atoms with van der Waals surface area (Å²) < 4.78 is 25.2. The quantitative estimate of drug-likeness (QED) is 0.353. The molecule has 0 bridgehead atoms. The second-order valence-corrected chi connectivity index (χ2v) is 7.94. The maximum atomic E-state index is 14.4. The number of aromatic nitrogens is 3. The fraction of sp³-hybridized carbons (Fsp3) is 0.231. The van der Waals surface area contributed by atoms with Gasteiger partial charge in [0, 0.05) is 42.1 Å². The normalized spacial score (nSPS) is 11.0. The number of hydrogen-bond acceptors (Lipinski definition) is 6. The van der Waals surface area contributed by atoms with E-state index in [-0.39, 0.29) is 12.2 Å². The molecule has 7 nitrogen and oxygen atoms in total. The van der Waals surface area contributed by atoms with Gasteiger partial charge in [-0.25, -0.2) is 4.39 Å². The molecular weight excluding hydrogens is 437 g/mol. The summed E-state index contributed by atoms with van der Waals surface area (Å²) in [5.41, 5.74) is 5.22. The summed E-state index contributed by atoms with van der Waals surface area (Å²) in [6.07, 6.45) is 2.89. The maximum Gasteiger partial charge on any atom is 0.303 e. The number of rotatable bonds is 9. The zero-order valence-corrected chi connectivity index (χ0v) is 18.9. The molecule has 2 heterocycles. The van der Waals surface area contributed by atoms with Gasteiger partial charge in [0.2, 0.25) is 5.82 Å². The van der Waals surface area contributed by atoms with E-state index in [1.54, 1.807) is 31.5 Å². The first-order valence-corrected chi connectivity index (χ1v) is 10.8. The predicted octanol–water partition coefficient (Wildman–Crippen LogP) is 5.47. The summed E-state index contributed by atoms with van der Waals surface area (Å²) in [7, 11) is 1.59. The number of carboxylic acid groups (broad SMARTS) is 1. The molecule has 0 aliphatic carbocycles. The minimum Gasteiger partial charge on any atom is -0.481 e. The van der Waals surface area contributed by atoms with Gasteiger partial charge in [0.1, 0.15) is 5.82 Å². The van der Waals surface area contributed by atoms with E-state index in [0.717, 1.165) is 22.4 Å². The molecule has 174 valence electrons. The van der Waals surface area contributed by atoms with Gasteiger partial charge in [0.05, 0.1) is 6.61 Å². The van der Waals surface area contributed by atoms with Gasteiger partial charge in [-0.2, -0.15) is 4.98 Å². The van der Waals surface area contributed by atoms with E-state index in [2.05, 4.69) is 15.1 Å². The van der Waals surface area contributed by atoms with Crippen molar-refractivity contribution in [3.63, 3.8) is 0 Å². The molecule has 0 spiro atoms. The Morgan fingerprint density at radius 1 is 1.12 bits per heavy atom. The third-order valence-corrected chi connectivity index (χ3v) is 5.49. The minimum absolute atomic E-state index is 0.109. The monoisotopic (exact) mass is 461 g/mol. The summed E-state index contributed by atoms with van der Waals surface area (Å²) in [4.78, 5) is 19.7. The maximum absolute atomic E-state index is 14.4. The summed E-state index contributed by atoms with van der Waals surface area (Å²) in [5, 5.41) is 12.9. The second kappa shape index (κ2) is 10.4. The zero-order chi connectivity index (χ0) is 24.1. The van der Waals surface area contributed by atoms with E-state index in [1.165, 1.54) is 6.07 Å². The minimum atomic E-state index is -0.816. The van der Waals surface area contributed by atoms with Crippen molar-refractivity contribution >= 4 is 5.97 Å². The molecule has 4 rings (SSSR count). The number of methoxy groups -OCH3 is 1. The van der Waals surface area contributed by atoms with Crippen LogP contribution in [-0.2, 0) is 22.6 Å². The van der Waals surface area contributed by atoms with Crippen LogP contribution in [0.2, 0.25) is 0 Å². The first-order valence-electron chi connectivity index (χ1n) is 10.8. The van der Waals surface area contributed by atoms with E-state index < -0.39 is 5.97 Å². The molecule has 0 saturated heterocycles. The van der Waals surface area contributed by atoms with Crippen LogP contribution in [-0.4, -0.2) is 33.3 Å². The molecule has 0 saturated carbocycles. The van der Waals surface area contributed by atoms with Gasteiger partial charge in [-0.15, -0.1) is 0 Å². The number of carbonyl (C=O) groups is 1. The zero-order valence-electron chi connectivity index (χ0n) is 18.9. The number of aliphatic carboxylic acids is 1. The Morgan fingerprint density at radius 3 is 2.68 bits per heavy atom. The number of benzene rings is 2. The molecule has 0 fully saturated rings. The lowest BCUT2D eigenvalue weighted by atomic mass is 9.97. The molecule has 0 radical (unpaired) electrons. The number of hydrogen-bond donors (Lipinski definition) is 1. The van der Waals surface area contributed by atoms with Gasteiger partial charge in [-0.3, -0.25) is 9.78 Å². The molecule has 1 N–H and O–H groups in total. The molecule has 0 aliphatic heterocycles. The van der Waals surface area contributed by atoms with Gasteiger partial charge < -0.3 is 14.4 Å². The topological polar surface area (TPSA) is 98.3 Å². The Labute approximate surface area is 196 Å².